The molecule has 0 aromatic rings. The molecule has 0 rings (SSSR count). The van der Waals surface area contributed by atoms with E-state index < -0.39 is 22.3 Å². The van der Waals surface area contributed by atoms with Gasteiger partial charge in [-0.1, -0.05) is 15.9 Å². The first kappa shape index (κ1) is 16.6. The molecule has 0 heterocycles. The van der Waals surface area contributed by atoms with Crippen LogP contribution in [-0.4, -0.2) is 46.2 Å². The highest BCUT2D eigenvalue weighted by Gasteiger charge is 2.20. The second-order valence-corrected chi connectivity index (χ2v) is 5.31. The number of alkyl halides is 1. The molecule has 0 spiro atoms. The number of halogens is 1. The Labute approximate surface area is 110 Å². The molecule has 0 fully saturated rings. The van der Waals surface area contributed by atoms with Gasteiger partial charge in [-0.2, -0.15) is 13.1 Å². The van der Waals surface area contributed by atoms with Crippen molar-refractivity contribution in [1.29, 1.82) is 0 Å². The lowest BCUT2D eigenvalue weighted by Crippen LogP contribution is -2.46. The quantitative estimate of drug-likeness (QED) is 0.626. The molecule has 9 heteroatoms. The zero-order valence-corrected chi connectivity index (χ0v) is 12.1. The van der Waals surface area contributed by atoms with Crippen molar-refractivity contribution >= 4 is 32.2 Å². The smallest absolute Gasteiger partial charge is 0.421 e. The van der Waals surface area contributed by atoms with Crippen molar-refractivity contribution in [2.75, 3.05) is 25.7 Å². The maximum atomic E-state index is 11.5. The molecule has 0 aromatic carbocycles. The van der Waals surface area contributed by atoms with Gasteiger partial charge in [0.05, 0.1) is 13.2 Å². The second-order valence-electron chi connectivity index (χ2n) is 3.07. The van der Waals surface area contributed by atoms with Crippen LogP contribution in [0.5, 0.6) is 0 Å². The number of hydrogen-bond acceptors (Lipinski definition) is 5. The maximum Gasteiger partial charge on any atom is 0.421 e. The lowest BCUT2D eigenvalue weighted by molar-refractivity contribution is 0.157. The summed E-state index contributed by atoms with van der Waals surface area (Å²) in [5.74, 6) is 0. The monoisotopic (exact) mass is 332 g/mol. The van der Waals surface area contributed by atoms with Crippen LogP contribution in [-0.2, 0) is 19.7 Å². The first-order valence-corrected chi connectivity index (χ1v) is 7.57. The molecule has 1 atom stereocenters. The van der Waals surface area contributed by atoms with E-state index in [2.05, 4.69) is 25.4 Å². The number of amides is 1. The molecule has 0 bridgehead atoms. The standard InChI is InChI=1S/C8H17BrN2O5S/c1-3-16-8(12)11-17(13,14)10-7(4-5-9)6-15-2/h7,10H,3-6H2,1-2H3,(H,11,12). The number of ether oxygens (including phenoxy) is 2. The van der Waals surface area contributed by atoms with E-state index in [1.807, 2.05) is 0 Å². The molecule has 1 amide bonds. The van der Waals surface area contributed by atoms with Crippen molar-refractivity contribution in [3.8, 4) is 0 Å². The first-order valence-electron chi connectivity index (χ1n) is 4.96. The Kier molecular flexibility index (Phi) is 8.48. The number of nitrogens with one attached hydrogen (secondary N) is 2. The van der Waals surface area contributed by atoms with E-state index in [4.69, 9.17) is 4.74 Å². The fourth-order valence-corrected chi connectivity index (χ4v) is 2.54. The van der Waals surface area contributed by atoms with Crippen molar-refractivity contribution in [3.63, 3.8) is 0 Å². The Morgan fingerprint density at radius 3 is 2.59 bits per heavy atom. The van der Waals surface area contributed by atoms with Crippen LogP contribution in [0.25, 0.3) is 0 Å². The number of carbonyl (C=O) groups is 1. The highest BCUT2D eigenvalue weighted by atomic mass is 79.9. The molecule has 0 aromatic heterocycles. The molecule has 17 heavy (non-hydrogen) atoms. The summed E-state index contributed by atoms with van der Waals surface area (Å²) < 4.78 is 36.3. The Morgan fingerprint density at radius 1 is 1.47 bits per heavy atom. The average molecular weight is 333 g/mol. The van der Waals surface area contributed by atoms with E-state index in [9.17, 15) is 13.2 Å². The summed E-state index contributed by atoms with van der Waals surface area (Å²) in [6, 6.07) is -0.411. The molecule has 2 N–H and O–H groups in total. The molecule has 1 unspecified atom stereocenters. The molecule has 102 valence electrons. The van der Waals surface area contributed by atoms with Crippen molar-refractivity contribution in [3.05, 3.63) is 0 Å². The van der Waals surface area contributed by atoms with E-state index in [0.717, 1.165) is 0 Å². The van der Waals surface area contributed by atoms with Crippen LogP contribution in [0, 0.1) is 0 Å². The van der Waals surface area contributed by atoms with Gasteiger partial charge in [0.2, 0.25) is 0 Å². The van der Waals surface area contributed by atoms with Crippen LogP contribution in [0.15, 0.2) is 0 Å². The van der Waals surface area contributed by atoms with Gasteiger partial charge in [-0.15, -0.1) is 0 Å². The van der Waals surface area contributed by atoms with Crippen molar-refractivity contribution < 1.29 is 22.7 Å². The second kappa shape index (κ2) is 8.67. The minimum atomic E-state index is -3.92. The molecule has 0 radical (unpaired) electrons. The van der Waals surface area contributed by atoms with Crippen molar-refractivity contribution in [2.24, 2.45) is 0 Å². The Bertz CT molecular complexity index is 316. The number of methoxy groups -OCH3 is 1. The number of rotatable bonds is 8. The van der Waals surface area contributed by atoms with Gasteiger partial charge in [0, 0.05) is 18.5 Å². The Morgan fingerprint density at radius 2 is 2.12 bits per heavy atom. The summed E-state index contributed by atoms with van der Waals surface area (Å²) in [4.78, 5) is 11.0. The third-order valence-corrected chi connectivity index (χ3v) is 3.18. The molecule has 7 nitrogen and oxygen atoms in total. The highest BCUT2D eigenvalue weighted by Crippen LogP contribution is 1.98. The lowest BCUT2D eigenvalue weighted by Gasteiger charge is -2.16. The fourth-order valence-electron chi connectivity index (χ4n) is 1.03. The van der Waals surface area contributed by atoms with E-state index >= 15 is 0 Å². The van der Waals surface area contributed by atoms with Crippen molar-refractivity contribution in [2.45, 2.75) is 19.4 Å². The predicted molar refractivity (Wildman–Crippen MR) is 66.3 cm³/mol. The van der Waals surface area contributed by atoms with Crippen LogP contribution in [0.1, 0.15) is 13.3 Å². The summed E-state index contributed by atoms with van der Waals surface area (Å²) in [5.41, 5.74) is 0. The molecular formula is C8H17BrN2O5S. The fraction of sp³-hybridized carbons (Fsp3) is 0.875. The summed E-state index contributed by atoms with van der Waals surface area (Å²) >= 11 is 3.20. The van der Waals surface area contributed by atoms with Gasteiger partial charge < -0.3 is 9.47 Å². The summed E-state index contributed by atoms with van der Waals surface area (Å²) in [5, 5.41) is 0.614. The minimum absolute atomic E-state index is 0.101. The van der Waals surface area contributed by atoms with Crippen LogP contribution in [0.4, 0.5) is 4.79 Å². The van der Waals surface area contributed by atoms with E-state index in [0.29, 0.717) is 11.8 Å². The SMILES string of the molecule is CCOC(=O)NS(=O)(=O)NC(CCBr)COC. The highest BCUT2D eigenvalue weighted by molar-refractivity contribution is 9.09. The molecular weight excluding hydrogens is 316 g/mol. The molecule has 0 aliphatic rings. The van der Waals surface area contributed by atoms with Gasteiger partial charge in [-0.25, -0.2) is 9.52 Å². The zero-order chi connectivity index (χ0) is 13.3. The first-order chi connectivity index (χ1) is 7.95. The third-order valence-electron chi connectivity index (χ3n) is 1.64. The molecule has 0 aliphatic heterocycles. The third kappa shape index (κ3) is 8.36. The maximum absolute atomic E-state index is 11.5. The Balaban J connectivity index is 4.34. The normalized spacial score (nSPS) is 13.1. The average Bonchev–Trinajstić information content (AvgIpc) is 2.16. The molecule has 0 aliphatic carbocycles. The van der Waals surface area contributed by atoms with E-state index in [1.165, 1.54) is 7.11 Å². The number of carbonyl (C=O) groups excluding carboxylic acids is 1. The topological polar surface area (TPSA) is 93.7 Å². The summed E-state index contributed by atoms with van der Waals surface area (Å²) in [6.45, 7) is 1.90. The Hall–Kier alpha value is -0.380. The zero-order valence-electron chi connectivity index (χ0n) is 9.73. The van der Waals surface area contributed by atoms with Crippen LogP contribution < -0.4 is 9.44 Å². The molecule has 0 saturated heterocycles. The molecule has 0 saturated carbocycles. The largest absolute Gasteiger partial charge is 0.449 e. The van der Waals surface area contributed by atoms with E-state index in [-0.39, 0.29) is 13.2 Å². The van der Waals surface area contributed by atoms with Crippen LogP contribution >= 0.6 is 15.9 Å². The van der Waals surface area contributed by atoms with E-state index in [1.54, 1.807) is 11.6 Å². The van der Waals surface area contributed by atoms with Crippen molar-refractivity contribution in [1.82, 2.24) is 9.44 Å². The van der Waals surface area contributed by atoms with Gasteiger partial charge >= 0.3 is 16.3 Å². The summed E-state index contributed by atoms with van der Waals surface area (Å²) in [7, 11) is -2.46. The summed E-state index contributed by atoms with van der Waals surface area (Å²) in [6.07, 6.45) is -0.465. The van der Waals surface area contributed by atoms with Gasteiger partial charge in [0.15, 0.2) is 0 Å². The minimum Gasteiger partial charge on any atom is -0.449 e. The predicted octanol–water partition coefficient (Wildman–Crippen LogP) is 0.367. The van der Waals surface area contributed by atoms with Crippen LogP contribution in [0.2, 0.25) is 0 Å². The lowest BCUT2D eigenvalue weighted by atomic mass is 10.3. The van der Waals surface area contributed by atoms with Crippen LogP contribution in [0.3, 0.4) is 0 Å². The van der Waals surface area contributed by atoms with Gasteiger partial charge in [0.25, 0.3) is 0 Å². The van der Waals surface area contributed by atoms with Gasteiger partial charge in [-0.3, -0.25) is 0 Å². The van der Waals surface area contributed by atoms with Gasteiger partial charge in [0.1, 0.15) is 0 Å². The number of hydrogen-bond donors (Lipinski definition) is 2. The van der Waals surface area contributed by atoms with Gasteiger partial charge in [-0.05, 0) is 13.3 Å².